The van der Waals surface area contributed by atoms with Gasteiger partial charge >= 0.3 is 0 Å². The van der Waals surface area contributed by atoms with E-state index in [0.29, 0.717) is 5.92 Å². The van der Waals surface area contributed by atoms with Gasteiger partial charge in [-0.15, -0.1) is 0 Å². The van der Waals surface area contributed by atoms with E-state index in [4.69, 9.17) is 17.0 Å². The molecule has 0 aromatic heterocycles. The second-order valence-electron chi connectivity index (χ2n) is 5.32. The maximum atomic E-state index is 6.27. The van der Waals surface area contributed by atoms with Crippen molar-refractivity contribution in [2.75, 3.05) is 0 Å². The highest BCUT2D eigenvalue weighted by Gasteiger charge is 2.39. The summed E-state index contributed by atoms with van der Waals surface area (Å²) in [5.41, 5.74) is 3.76. The van der Waals surface area contributed by atoms with Crippen LogP contribution in [0.25, 0.3) is 5.76 Å². The predicted octanol–water partition coefficient (Wildman–Crippen LogP) is 4.34. The largest absolute Gasteiger partial charge is 0.484 e. The molecule has 0 spiro atoms. The van der Waals surface area contributed by atoms with Crippen molar-refractivity contribution in [3.05, 3.63) is 77.4 Å². The fourth-order valence-corrected chi connectivity index (χ4v) is 3.43. The van der Waals surface area contributed by atoms with Crippen LogP contribution < -0.4 is 0 Å². The summed E-state index contributed by atoms with van der Waals surface area (Å²) in [7, 11) is 0. The van der Waals surface area contributed by atoms with Crippen LogP contribution in [0.15, 0.2) is 60.7 Å². The molecule has 0 amide bonds. The van der Waals surface area contributed by atoms with E-state index >= 15 is 0 Å². The highest BCUT2D eigenvalue weighted by Crippen LogP contribution is 2.45. The van der Waals surface area contributed by atoms with Crippen molar-refractivity contribution in [1.82, 2.24) is 0 Å². The normalized spacial score (nSPS) is 23.6. The zero-order valence-corrected chi connectivity index (χ0v) is 11.8. The molecule has 1 aliphatic carbocycles. The number of thiocarbonyl (C=S) groups is 1. The van der Waals surface area contributed by atoms with Crippen LogP contribution in [0.3, 0.4) is 0 Å². The fourth-order valence-electron chi connectivity index (χ4n) is 3.11. The quantitative estimate of drug-likeness (QED) is 0.718. The average Bonchev–Trinajstić information content (AvgIpc) is 2.88. The van der Waals surface area contributed by atoms with E-state index in [-0.39, 0.29) is 6.10 Å². The summed E-state index contributed by atoms with van der Waals surface area (Å²) in [5.74, 6) is 1.21. The van der Waals surface area contributed by atoms with Gasteiger partial charge in [0.25, 0.3) is 0 Å². The van der Waals surface area contributed by atoms with Crippen LogP contribution in [0, 0.1) is 5.92 Å². The topological polar surface area (TPSA) is 9.23 Å². The van der Waals surface area contributed by atoms with E-state index in [1.807, 2.05) is 24.3 Å². The average molecular weight is 278 g/mol. The summed E-state index contributed by atoms with van der Waals surface area (Å²) in [5, 5.41) is 0. The highest BCUT2D eigenvalue weighted by molar-refractivity contribution is 7.80. The zero-order chi connectivity index (χ0) is 13.5. The van der Waals surface area contributed by atoms with Gasteiger partial charge in [0.15, 0.2) is 0 Å². The molecule has 0 N–H and O–H groups in total. The Hall–Kier alpha value is -1.93. The predicted molar refractivity (Wildman–Crippen MR) is 84.5 cm³/mol. The van der Waals surface area contributed by atoms with E-state index in [1.165, 1.54) is 11.1 Å². The molecule has 2 aromatic rings. The maximum Gasteiger partial charge on any atom is 0.132 e. The van der Waals surface area contributed by atoms with Crippen LogP contribution in [0.5, 0.6) is 0 Å². The second-order valence-corrected chi connectivity index (χ2v) is 5.80. The van der Waals surface area contributed by atoms with Crippen LogP contribution >= 0.6 is 12.2 Å². The van der Waals surface area contributed by atoms with Gasteiger partial charge in [0, 0.05) is 16.3 Å². The summed E-state index contributed by atoms with van der Waals surface area (Å²) in [6.07, 6.45) is 3.11. The minimum Gasteiger partial charge on any atom is -0.484 e. The molecule has 20 heavy (non-hydrogen) atoms. The molecular weight excluding hydrogens is 264 g/mol. The Bertz CT molecular complexity index is 702. The lowest BCUT2D eigenvalue weighted by atomic mass is 9.95. The lowest BCUT2D eigenvalue weighted by molar-refractivity contribution is 0.142. The molecule has 1 aliphatic heterocycles. The van der Waals surface area contributed by atoms with Crippen LogP contribution in [0.4, 0.5) is 0 Å². The monoisotopic (exact) mass is 278 g/mol. The summed E-state index contributed by atoms with van der Waals surface area (Å²) < 4.78 is 6.27. The van der Waals surface area contributed by atoms with Crippen molar-refractivity contribution in [3.63, 3.8) is 0 Å². The molecule has 2 heteroatoms. The molecule has 1 nitrogen and oxygen atoms in total. The van der Waals surface area contributed by atoms with Crippen molar-refractivity contribution in [2.24, 2.45) is 5.92 Å². The molecule has 2 unspecified atom stereocenters. The third-order valence-corrected chi connectivity index (χ3v) is 4.54. The van der Waals surface area contributed by atoms with Crippen molar-refractivity contribution < 1.29 is 4.74 Å². The Morgan fingerprint density at radius 2 is 1.70 bits per heavy atom. The Labute approximate surface area is 123 Å². The van der Waals surface area contributed by atoms with E-state index in [0.717, 1.165) is 22.6 Å². The van der Waals surface area contributed by atoms with Gasteiger partial charge < -0.3 is 4.74 Å². The molecular formula is C18H14OS. The molecule has 2 aromatic carbocycles. The van der Waals surface area contributed by atoms with Crippen LogP contribution in [-0.2, 0) is 11.2 Å². The molecule has 0 saturated heterocycles. The zero-order valence-electron chi connectivity index (χ0n) is 11.0. The van der Waals surface area contributed by atoms with Gasteiger partial charge in [0.1, 0.15) is 11.9 Å². The number of hydrogen-bond acceptors (Lipinski definition) is 2. The maximum absolute atomic E-state index is 6.27. The fraction of sp³-hybridized carbons (Fsp3) is 0.167. The third kappa shape index (κ3) is 1.80. The lowest BCUT2D eigenvalue weighted by Crippen LogP contribution is -2.23. The van der Waals surface area contributed by atoms with Crippen molar-refractivity contribution in [1.29, 1.82) is 0 Å². The highest BCUT2D eigenvalue weighted by atomic mass is 32.1. The summed E-state index contributed by atoms with van der Waals surface area (Å²) in [6.45, 7) is 0. The number of ether oxygens (including phenoxy) is 1. The van der Waals surface area contributed by atoms with Gasteiger partial charge in [0.2, 0.25) is 0 Å². The summed E-state index contributed by atoms with van der Waals surface area (Å²) in [4.78, 5) is 1.01. The van der Waals surface area contributed by atoms with Gasteiger partial charge in [-0.3, -0.25) is 0 Å². The van der Waals surface area contributed by atoms with Crippen molar-refractivity contribution in [3.8, 4) is 0 Å². The number of rotatable bonds is 1. The van der Waals surface area contributed by atoms with Gasteiger partial charge in [-0.2, -0.15) is 0 Å². The molecule has 0 fully saturated rings. The smallest absolute Gasteiger partial charge is 0.132 e. The first-order valence-corrected chi connectivity index (χ1v) is 7.29. The molecule has 98 valence electrons. The van der Waals surface area contributed by atoms with E-state index in [9.17, 15) is 0 Å². The van der Waals surface area contributed by atoms with Crippen molar-refractivity contribution >= 4 is 22.8 Å². The molecule has 2 aliphatic rings. The van der Waals surface area contributed by atoms with Crippen molar-refractivity contribution in [2.45, 2.75) is 12.5 Å². The number of hydrogen-bond donors (Lipinski definition) is 0. The van der Waals surface area contributed by atoms with Gasteiger partial charge in [-0.1, -0.05) is 66.8 Å². The van der Waals surface area contributed by atoms with E-state index < -0.39 is 0 Å². The molecule has 0 saturated carbocycles. The van der Waals surface area contributed by atoms with Crippen LogP contribution in [-0.4, -0.2) is 4.86 Å². The second kappa shape index (κ2) is 4.57. The first-order valence-electron chi connectivity index (χ1n) is 6.88. The van der Waals surface area contributed by atoms with Crippen LogP contribution in [0.1, 0.15) is 22.8 Å². The Balaban J connectivity index is 1.75. The third-order valence-electron chi connectivity index (χ3n) is 4.12. The first-order chi connectivity index (χ1) is 9.83. The van der Waals surface area contributed by atoms with Gasteiger partial charge in [-0.05, 0) is 23.6 Å². The molecule has 4 rings (SSSR count). The Morgan fingerprint density at radius 3 is 2.55 bits per heavy atom. The van der Waals surface area contributed by atoms with Gasteiger partial charge in [0.05, 0.1) is 0 Å². The lowest BCUT2D eigenvalue weighted by Gasteiger charge is -2.28. The van der Waals surface area contributed by atoms with E-state index in [2.05, 4.69) is 36.4 Å². The summed E-state index contributed by atoms with van der Waals surface area (Å²) >= 11 is 5.61. The number of fused-ring (bicyclic) bond motifs is 3. The molecule has 0 bridgehead atoms. The van der Waals surface area contributed by atoms with Gasteiger partial charge in [-0.25, -0.2) is 0 Å². The Kier molecular flexibility index (Phi) is 2.71. The molecule has 0 radical (unpaired) electrons. The molecule has 2 atom stereocenters. The minimum atomic E-state index is 0.0823. The van der Waals surface area contributed by atoms with Crippen LogP contribution in [0.2, 0.25) is 0 Å². The number of benzene rings is 2. The Morgan fingerprint density at radius 1 is 0.950 bits per heavy atom. The molecule has 1 heterocycles. The number of allylic oxidation sites excluding steroid dienone is 1. The van der Waals surface area contributed by atoms with E-state index in [1.54, 1.807) is 0 Å². The first kappa shape index (κ1) is 11.9. The standard InChI is InChI=1S/C18H14OS/c20-17-11-16(12-6-2-1-3-7-12)19-18-14-9-5-4-8-13(14)10-15(17)18/h1-9,11,15,18H,10H2. The minimum absolute atomic E-state index is 0.0823. The SMILES string of the molecule is S=C1C=C(c2ccccc2)OC2c3ccccc3CC12. The summed E-state index contributed by atoms with van der Waals surface area (Å²) in [6, 6.07) is 18.7.